The smallest absolute Gasteiger partial charge is 0.337 e. The van der Waals surface area contributed by atoms with E-state index in [1.54, 1.807) is 12.1 Å². The summed E-state index contributed by atoms with van der Waals surface area (Å²) >= 11 is 3.54. The zero-order valence-electron chi connectivity index (χ0n) is 20.6. The van der Waals surface area contributed by atoms with Gasteiger partial charge in [0.25, 0.3) is 0 Å². The van der Waals surface area contributed by atoms with Crippen molar-refractivity contribution in [2.24, 2.45) is 13.0 Å². The lowest BCUT2D eigenvalue weighted by Gasteiger charge is -2.14. The van der Waals surface area contributed by atoms with Crippen LogP contribution in [0.25, 0.3) is 22.3 Å². The molecular weight excluding hydrogens is 508 g/mol. The van der Waals surface area contributed by atoms with Gasteiger partial charge in [-0.15, -0.1) is 0 Å². The first-order valence-corrected chi connectivity index (χ1v) is 12.6. The molecule has 0 amide bonds. The summed E-state index contributed by atoms with van der Waals surface area (Å²) in [4.78, 5) is 21.2. The maximum Gasteiger partial charge on any atom is 0.337 e. The SMILES string of the molecule is COC(=O)c1cc(C)nc(-c2cnn(C)c2CCCC[C@@H](C)Cn2c(N)nc3ccc(Br)cc32)c1. The van der Waals surface area contributed by atoms with Crippen LogP contribution in [0.15, 0.2) is 41.0 Å². The van der Waals surface area contributed by atoms with Gasteiger partial charge in [0.15, 0.2) is 0 Å². The normalized spacial score (nSPS) is 12.3. The molecule has 0 radical (unpaired) electrons. The van der Waals surface area contributed by atoms with Crippen molar-refractivity contribution in [1.82, 2.24) is 24.3 Å². The highest BCUT2D eigenvalue weighted by atomic mass is 79.9. The molecule has 2 N–H and O–H groups in total. The molecule has 184 valence electrons. The van der Waals surface area contributed by atoms with Gasteiger partial charge in [0.2, 0.25) is 5.95 Å². The highest BCUT2D eigenvalue weighted by Crippen LogP contribution is 2.27. The van der Waals surface area contributed by atoms with E-state index in [0.29, 0.717) is 17.4 Å². The third kappa shape index (κ3) is 5.56. The Morgan fingerprint density at radius 3 is 2.77 bits per heavy atom. The Balaban J connectivity index is 1.39. The molecule has 0 aliphatic heterocycles. The van der Waals surface area contributed by atoms with E-state index in [1.807, 2.05) is 37.0 Å². The second kappa shape index (κ2) is 10.6. The number of anilines is 1. The first-order valence-electron chi connectivity index (χ1n) is 11.8. The van der Waals surface area contributed by atoms with Crippen LogP contribution in [-0.4, -0.2) is 37.4 Å². The van der Waals surface area contributed by atoms with Crippen LogP contribution in [0.4, 0.5) is 5.95 Å². The molecule has 0 spiro atoms. The number of carbonyl (C=O) groups excluding carboxylic acids is 1. The van der Waals surface area contributed by atoms with Crippen LogP contribution in [0.1, 0.15) is 47.9 Å². The number of rotatable bonds is 9. The quantitative estimate of drug-likeness (QED) is 0.228. The molecule has 0 fully saturated rings. The van der Waals surface area contributed by atoms with E-state index in [9.17, 15) is 4.79 Å². The van der Waals surface area contributed by atoms with Crippen molar-refractivity contribution in [3.63, 3.8) is 0 Å². The summed E-state index contributed by atoms with van der Waals surface area (Å²) in [6, 6.07) is 9.55. The second-order valence-corrected chi connectivity index (χ2v) is 9.98. The standard InChI is InChI=1S/C26H31BrN6O2/c1-16(15-33-24-13-19(27)9-10-21(24)31-26(33)28)7-5-6-8-23-20(14-29-32(23)3)22-12-18(25(34)35-4)11-17(2)30-22/h9-14,16H,5-8,15H2,1-4H3,(H2,28,31)/t16-/m1/s1. The predicted molar refractivity (Wildman–Crippen MR) is 141 cm³/mol. The summed E-state index contributed by atoms with van der Waals surface area (Å²) in [7, 11) is 3.33. The van der Waals surface area contributed by atoms with Crippen LogP contribution in [-0.2, 0) is 24.8 Å². The van der Waals surface area contributed by atoms with Crippen molar-refractivity contribution in [2.45, 2.75) is 46.1 Å². The molecule has 35 heavy (non-hydrogen) atoms. The number of nitrogens with two attached hydrogens (primary N) is 1. The monoisotopic (exact) mass is 538 g/mol. The fraction of sp³-hybridized carbons (Fsp3) is 0.385. The van der Waals surface area contributed by atoms with Crippen molar-refractivity contribution in [1.29, 1.82) is 0 Å². The third-order valence-corrected chi connectivity index (χ3v) is 6.80. The van der Waals surface area contributed by atoms with E-state index < -0.39 is 0 Å². The number of halogens is 1. The number of nitrogens with zero attached hydrogens (tertiary/aromatic N) is 5. The lowest BCUT2D eigenvalue weighted by atomic mass is 10.0. The molecule has 0 saturated heterocycles. The van der Waals surface area contributed by atoms with E-state index in [0.717, 1.165) is 70.4 Å². The first-order chi connectivity index (χ1) is 16.8. The molecule has 0 saturated carbocycles. The fourth-order valence-corrected chi connectivity index (χ4v) is 4.86. The van der Waals surface area contributed by atoms with Crippen LogP contribution in [0.3, 0.4) is 0 Å². The van der Waals surface area contributed by atoms with Crippen molar-refractivity contribution >= 4 is 38.9 Å². The Kier molecular flexibility index (Phi) is 7.54. The van der Waals surface area contributed by atoms with Crippen molar-refractivity contribution < 1.29 is 9.53 Å². The van der Waals surface area contributed by atoms with Gasteiger partial charge in [-0.1, -0.05) is 29.3 Å². The molecule has 8 nitrogen and oxygen atoms in total. The van der Waals surface area contributed by atoms with Crippen LogP contribution in [0.5, 0.6) is 0 Å². The van der Waals surface area contributed by atoms with E-state index >= 15 is 0 Å². The van der Waals surface area contributed by atoms with Crippen LogP contribution < -0.4 is 5.73 Å². The maximum absolute atomic E-state index is 12.1. The van der Waals surface area contributed by atoms with Crippen LogP contribution >= 0.6 is 15.9 Å². The summed E-state index contributed by atoms with van der Waals surface area (Å²) in [6.45, 7) is 4.96. The minimum atomic E-state index is -0.366. The molecule has 1 aromatic carbocycles. The third-order valence-electron chi connectivity index (χ3n) is 6.31. The Morgan fingerprint density at radius 2 is 2.00 bits per heavy atom. The summed E-state index contributed by atoms with van der Waals surface area (Å²) in [5.41, 5.74) is 12.3. The number of aryl methyl sites for hydroxylation is 2. The van der Waals surface area contributed by atoms with E-state index in [1.165, 1.54) is 7.11 Å². The first kappa shape index (κ1) is 24.9. The summed E-state index contributed by atoms with van der Waals surface area (Å²) in [5, 5.41) is 4.46. The van der Waals surface area contributed by atoms with Crippen molar-refractivity contribution in [3.05, 3.63) is 58.0 Å². The molecule has 3 heterocycles. The number of esters is 1. The van der Waals surface area contributed by atoms with Gasteiger partial charge in [0.1, 0.15) is 0 Å². The fourth-order valence-electron chi connectivity index (χ4n) is 4.51. The van der Waals surface area contributed by atoms with Gasteiger partial charge >= 0.3 is 5.97 Å². The Morgan fingerprint density at radius 1 is 1.20 bits per heavy atom. The molecule has 0 bridgehead atoms. The molecule has 3 aromatic heterocycles. The van der Waals surface area contributed by atoms with Gasteiger partial charge in [-0.25, -0.2) is 9.78 Å². The van der Waals surface area contributed by atoms with Crippen LogP contribution in [0.2, 0.25) is 0 Å². The number of carbonyl (C=O) groups is 1. The zero-order valence-corrected chi connectivity index (χ0v) is 22.2. The largest absolute Gasteiger partial charge is 0.465 e. The van der Waals surface area contributed by atoms with Crippen molar-refractivity contribution in [2.75, 3.05) is 12.8 Å². The van der Waals surface area contributed by atoms with Gasteiger partial charge in [-0.3, -0.25) is 9.67 Å². The topological polar surface area (TPSA) is 101 Å². The van der Waals surface area contributed by atoms with Gasteiger partial charge in [0, 0.05) is 35.0 Å². The number of aromatic nitrogens is 5. The van der Waals surface area contributed by atoms with E-state index in [4.69, 9.17) is 10.5 Å². The van der Waals surface area contributed by atoms with E-state index in [-0.39, 0.29) is 5.97 Å². The lowest BCUT2D eigenvalue weighted by molar-refractivity contribution is 0.0600. The predicted octanol–water partition coefficient (Wildman–Crippen LogP) is 5.32. The Labute approximate surface area is 213 Å². The minimum absolute atomic E-state index is 0.366. The molecule has 9 heteroatoms. The summed E-state index contributed by atoms with van der Waals surface area (Å²) in [6.07, 6.45) is 5.89. The lowest BCUT2D eigenvalue weighted by Crippen LogP contribution is -2.10. The summed E-state index contributed by atoms with van der Waals surface area (Å²) in [5.74, 6) is 0.650. The number of unbranched alkanes of at least 4 members (excludes halogenated alkanes) is 1. The van der Waals surface area contributed by atoms with Gasteiger partial charge in [-0.05, 0) is 62.4 Å². The highest BCUT2D eigenvalue weighted by Gasteiger charge is 2.16. The molecule has 0 aliphatic carbocycles. The highest BCUT2D eigenvalue weighted by molar-refractivity contribution is 9.10. The zero-order chi connectivity index (χ0) is 25.1. The van der Waals surface area contributed by atoms with Gasteiger partial charge in [0.05, 0.1) is 35.6 Å². The number of fused-ring (bicyclic) bond motifs is 1. The Bertz CT molecular complexity index is 1360. The second-order valence-electron chi connectivity index (χ2n) is 9.07. The average molecular weight is 539 g/mol. The molecule has 0 unspecified atom stereocenters. The summed E-state index contributed by atoms with van der Waals surface area (Å²) < 4.78 is 9.91. The number of imidazole rings is 1. The Hall–Kier alpha value is -3.20. The molecule has 4 rings (SSSR count). The number of hydrogen-bond donors (Lipinski definition) is 1. The number of ether oxygens (including phenoxy) is 1. The number of hydrogen-bond acceptors (Lipinski definition) is 6. The number of nitrogen functional groups attached to an aromatic ring is 1. The van der Waals surface area contributed by atoms with Gasteiger partial charge in [-0.2, -0.15) is 5.10 Å². The molecule has 4 aromatic rings. The average Bonchev–Trinajstić information content (AvgIpc) is 3.34. The maximum atomic E-state index is 12.1. The van der Waals surface area contributed by atoms with E-state index in [2.05, 4.69) is 48.6 Å². The molecule has 0 aliphatic rings. The van der Waals surface area contributed by atoms with Crippen molar-refractivity contribution in [3.8, 4) is 11.3 Å². The van der Waals surface area contributed by atoms with Crippen LogP contribution in [0, 0.1) is 12.8 Å². The number of pyridine rings is 1. The molecule has 1 atom stereocenters. The minimum Gasteiger partial charge on any atom is -0.465 e. The van der Waals surface area contributed by atoms with Gasteiger partial charge < -0.3 is 15.0 Å². The number of benzene rings is 1. The molecular formula is C26H31BrN6O2. The number of methoxy groups -OCH3 is 1.